The molecule has 1 aliphatic carbocycles. The summed E-state index contributed by atoms with van der Waals surface area (Å²) >= 11 is 1.48. The van der Waals surface area contributed by atoms with Gasteiger partial charge in [-0.2, -0.15) is 0 Å². The number of aliphatic hydroxyl groups is 1. The van der Waals surface area contributed by atoms with Crippen molar-refractivity contribution in [3.63, 3.8) is 0 Å². The average molecular weight is 309 g/mol. The summed E-state index contributed by atoms with van der Waals surface area (Å²) in [5.74, 6) is 1.83. The van der Waals surface area contributed by atoms with E-state index in [0.29, 0.717) is 5.23 Å². The van der Waals surface area contributed by atoms with Gasteiger partial charge in [-0.25, -0.2) is 4.99 Å². The van der Waals surface area contributed by atoms with Crippen molar-refractivity contribution in [3.8, 4) is 0 Å². The van der Waals surface area contributed by atoms with E-state index < -0.39 is 0 Å². The summed E-state index contributed by atoms with van der Waals surface area (Å²) in [5, 5.41) is 9.74. The molecule has 0 amide bonds. The summed E-state index contributed by atoms with van der Waals surface area (Å²) in [6, 6.07) is 9.49. The van der Waals surface area contributed by atoms with Crippen LogP contribution in [0.5, 0.6) is 0 Å². The zero-order chi connectivity index (χ0) is 15.3. The van der Waals surface area contributed by atoms with E-state index >= 15 is 0 Å². The fourth-order valence-corrected chi connectivity index (χ4v) is 2.98. The van der Waals surface area contributed by atoms with Gasteiger partial charge in [0.1, 0.15) is 6.54 Å². The van der Waals surface area contributed by atoms with E-state index in [-0.39, 0.29) is 0 Å². The summed E-state index contributed by atoms with van der Waals surface area (Å²) in [7, 11) is 0. The standard InChI is InChI=1S/C11H21NOS.C6H7N/c1-2-14-11(13)12-9-8-10-6-4-3-5-7-10;7-6-4-2-1-3-5-6/h10H,2-9H2,1H3,(H,12,13);1-5H,7H2/p+1. The second-order valence-electron chi connectivity index (χ2n) is 5.37. The number of aliphatic hydroxyl groups excluding tert-OH is 1. The molecule has 3 nitrogen and oxygen atoms in total. The van der Waals surface area contributed by atoms with Gasteiger partial charge in [-0.3, -0.25) is 0 Å². The molecule has 0 aromatic heterocycles. The first kappa shape index (κ1) is 17.9. The first-order chi connectivity index (χ1) is 10.2. The molecule has 1 aliphatic rings. The number of nitrogens with one attached hydrogen (secondary N) is 1. The van der Waals surface area contributed by atoms with E-state index in [0.717, 1.165) is 23.9 Å². The van der Waals surface area contributed by atoms with Crippen molar-refractivity contribution in [1.29, 1.82) is 0 Å². The van der Waals surface area contributed by atoms with Crippen molar-refractivity contribution in [2.24, 2.45) is 5.92 Å². The van der Waals surface area contributed by atoms with Gasteiger partial charge in [0.05, 0.1) is 0 Å². The van der Waals surface area contributed by atoms with E-state index in [2.05, 4.69) is 4.99 Å². The molecule has 0 radical (unpaired) electrons. The Morgan fingerprint density at radius 1 is 1.24 bits per heavy atom. The largest absolute Gasteiger partial charge is 0.455 e. The maximum Gasteiger partial charge on any atom is 0.396 e. The third kappa shape index (κ3) is 9.40. The molecule has 1 fully saturated rings. The highest BCUT2D eigenvalue weighted by molar-refractivity contribution is 8.13. The molecule has 21 heavy (non-hydrogen) atoms. The maximum absolute atomic E-state index is 9.35. The van der Waals surface area contributed by atoms with Crippen LogP contribution in [0.1, 0.15) is 45.4 Å². The lowest BCUT2D eigenvalue weighted by Gasteiger charge is -2.19. The van der Waals surface area contributed by atoms with Gasteiger partial charge in [0.15, 0.2) is 0 Å². The van der Waals surface area contributed by atoms with E-state index in [1.165, 1.54) is 50.3 Å². The quantitative estimate of drug-likeness (QED) is 0.455. The zero-order valence-corrected chi connectivity index (χ0v) is 13.9. The molecule has 0 bridgehead atoms. The van der Waals surface area contributed by atoms with Gasteiger partial charge >= 0.3 is 5.23 Å². The lowest BCUT2D eigenvalue weighted by Crippen LogP contribution is -2.72. The van der Waals surface area contributed by atoms with Gasteiger partial charge in [-0.1, -0.05) is 57.2 Å². The van der Waals surface area contributed by atoms with Crippen LogP contribution in [-0.4, -0.2) is 22.6 Å². The van der Waals surface area contributed by atoms with E-state index in [9.17, 15) is 5.11 Å². The van der Waals surface area contributed by atoms with E-state index in [1.807, 2.05) is 37.3 Å². The Labute approximate surface area is 133 Å². The van der Waals surface area contributed by atoms with Crippen LogP contribution in [0.15, 0.2) is 30.3 Å². The lowest BCUT2D eigenvalue weighted by molar-refractivity contribution is -0.464. The van der Waals surface area contributed by atoms with Crippen molar-refractivity contribution in [2.75, 3.05) is 18.0 Å². The smallest absolute Gasteiger partial charge is 0.396 e. The second kappa shape index (κ2) is 11.5. The molecule has 0 aliphatic heterocycles. The topological polar surface area (TPSA) is 60.2 Å². The molecular weight excluding hydrogens is 280 g/mol. The van der Waals surface area contributed by atoms with Crippen LogP contribution in [0.4, 0.5) is 5.69 Å². The van der Waals surface area contributed by atoms with Gasteiger partial charge in [-0.05, 0) is 29.8 Å². The molecule has 1 aromatic rings. The highest BCUT2D eigenvalue weighted by Gasteiger charge is 2.14. The number of nitrogens with two attached hydrogens (primary N) is 1. The second-order valence-corrected chi connectivity index (χ2v) is 6.62. The summed E-state index contributed by atoms with van der Waals surface area (Å²) in [6.45, 7) is 2.98. The molecule has 0 atom stereocenters. The van der Waals surface area contributed by atoms with Crippen LogP contribution in [0, 0.1) is 5.92 Å². The fourth-order valence-electron chi connectivity index (χ4n) is 2.50. The van der Waals surface area contributed by atoms with Gasteiger partial charge < -0.3 is 10.8 Å². The van der Waals surface area contributed by atoms with Crippen LogP contribution < -0.4 is 10.7 Å². The van der Waals surface area contributed by atoms with Crippen LogP contribution in [0.25, 0.3) is 0 Å². The Kier molecular flexibility index (Phi) is 9.79. The number of hydrogen-bond donors (Lipinski definition) is 3. The van der Waals surface area contributed by atoms with Gasteiger partial charge in [-0.15, -0.1) is 0 Å². The number of benzene rings is 1. The Morgan fingerprint density at radius 2 is 1.90 bits per heavy atom. The molecule has 0 spiro atoms. The molecule has 1 aromatic carbocycles. The minimum Gasteiger partial charge on any atom is -0.455 e. The third-order valence-corrected chi connectivity index (χ3v) is 4.34. The number of anilines is 1. The van der Waals surface area contributed by atoms with Gasteiger partial charge in [0, 0.05) is 17.9 Å². The summed E-state index contributed by atoms with van der Waals surface area (Å²) in [5.41, 5.74) is 6.18. The first-order valence-electron chi connectivity index (χ1n) is 7.95. The normalized spacial score (nSPS) is 16.1. The summed E-state index contributed by atoms with van der Waals surface area (Å²) < 4.78 is 0. The van der Waals surface area contributed by atoms with Crippen molar-refractivity contribution in [2.45, 2.75) is 45.4 Å². The van der Waals surface area contributed by atoms with Crippen LogP contribution in [-0.2, 0) is 0 Å². The minimum absolute atomic E-state index is 0.392. The minimum atomic E-state index is 0.392. The molecule has 4 heteroatoms. The van der Waals surface area contributed by atoms with Crippen molar-refractivity contribution in [3.05, 3.63) is 30.3 Å². The molecular formula is C17H29N2OS+. The zero-order valence-electron chi connectivity index (χ0n) is 13.1. The van der Waals surface area contributed by atoms with Crippen molar-refractivity contribution < 1.29 is 10.1 Å². The number of thioether (sulfide) groups is 1. The SMILES string of the molecule is CCSC(O)=[NH+]CCC1CCCCC1.Nc1ccccc1. The molecule has 0 heterocycles. The van der Waals surface area contributed by atoms with E-state index in [1.54, 1.807) is 0 Å². The molecule has 118 valence electrons. The highest BCUT2D eigenvalue weighted by atomic mass is 32.2. The Morgan fingerprint density at radius 3 is 2.43 bits per heavy atom. The predicted molar refractivity (Wildman–Crippen MR) is 93.6 cm³/mol. The van der Waals surface area contributed by atoms with E-state index in [4.69, 9.17) is 5.73 Å². The van der Waals surface area contributed by atoms with Gasteiger partial charge in [0.25, 0.3) is 0 Å². The number of rotatable bonds is 4. The molecule has 0 saturated heterocycles. The first-order valence-corrected chi connectivity index (χ1v) is 8.94. The Bertz CT molecular complexity index is 389. The molecule has 2 rings (SSSR count). The highest BCUT2D eigenvalue weighted by Crippen LogP contribution is 2.25. The Balaban J connectivity index is 0.000000262. The number of nitrogen functional groups attached to an aromatic ring is 1. The van der Waals surface area contributed by atoms with Gasteiger partial charge in [0.2, 0.25) is 0 Å². The predicted octanol–water partition coefficient (Wildman–Crippen LogP) is 2.97. The van der Waals surface area contributed by atoms with Crippen LogP contribution in [0.3, 0.4) is 0 Å². The summed E-state index contributed by atoms with van der Waals surface area (Å²) in [4.78, 5) is 3.07. The lowest BCUT2D eigenvalue weighted by atomic mass is 9.87. The Hall–Kier alpha value is -1.16. The maximum atomic E-state index is 9.35. The monoisotopic (exact) mass is 309 g/mol. The molecule has 1 saturated carbocycles. The molecule has 0 unspecified atom stereocenters. The van der Waals surface area contributed by atoms with Crippen molar-refractivity contribution >= 4 is 22.7 Å². The summed E-state index contributed by atoms with van der Waals surface area (Å²) in [6.07, 6.45) is 8.24. The average Bonchev–Trinajstić information content (AvgIpc) is 2.50. The van der Waals surface area contributed by atoms with Crippen LogP contribution in [0.2, 0.25) is 0 Å². The number of para-hydroxylation sites is 1. The third-order valence-electron chi connectivity index (χ3n) is 3.63. The fraction of sp³-hybridized carbons (Fsp3) is 0.588. The van der Waals surface area contributed by atoms with Crippen LogP contribution >= 0.6 is 11.8 Å². The molecule has 4 N–H and O–H groups in total. The van der Waals surface area contributed by atoms with Crippen molar-refractivity contribution in [1.82, 2.24) is 0 Å². The number of hydrogen-bond acceptors (Lipinski definition) is 2.